The molecule has 0 fully saturated rings. The van der Waals surface area contributed by atoms with Gasteiger partial charge in [-0.2, -0.15) is 5.10 Å². The molecule has 0 spiro atoms. The Morgan fingerprint density at radius 2 is 1.40 bits per heavy atom. The predicted octanol–water partition coefficient (Wildman–Crippen LogP) is 5.36. The van der Waals surface area contributed by atoms with E-state index < -0.39 is 11.6 Å². The zero-order chi connectivity index (χ0) is 21.7. The molecule has 0 aliphatic rings. The molecule has 3 aromatic rings. The third-order valence-corrected chi connectivity index (χ3v) is 4.85. The van der Waals surface area contributed by atoms with Crippen LogP contribution in [0.1, 0.15) is 46.2 Å². The van der Waals surface area contributed by atoms with E-state index in [4.69, 9.17) is 0 Å². The molecule has 6 nitrogen and oxygen atoms in total. The van der Waals surface area contributed by atoms with E-state index in [-0.39, 0.29) is 11.8 Å². The van der Waals surface area contributed by atoms with Gasteiger partial charge in [-0.05, 0) is 48.9 Å². The second kappa shape index (κ2) is 9.22. The van der Waals surface area contributed by atoms with E-state index >= 15 is 0 Å². The molecular weight excluding hydrogens is 376 g/mol. The Balaban J connectivity index is 1.98. The van der Waals surface area contributed by atoms with Gasteiger partial charge in [0.25, 0.3) is 0 Å². The number of nitrogens with zero attached hydrogens (tertiary/aromatic N) is 4. The minimum Gasteiger partial charge on any atom is -0.383 e. The van der Waals surface area contributed by atoms with Crippen LogP contribution in [0.3, 0.4) is 0 Å². The average Bonchev–Trinajstić information content (AvgIpc) is 3.20. The zero-order valence-corrected chi connectivity index (χ0v) is 18.1. The number of aromatic nitrogens is 3. The summed E-state index contributed by atoms with van der Waals surface area (Å²) in [4.78, 5) is 16.0. The highest BCUT2D eigenvalue weighted by Gasteiger charge is 2.35. The number of anilines is 2. The summed E-state index contributed by atoms with van der Waals surface area (Å²) in [5.41, 5.74) is 0.740. The van der Waals surface area contributed by atoms with Crippen molar-refractivity contribution in [2.75, 3.05) is 4.90 Å². The lowest BCUT2D eigenvalue weighted by Crippen LogP contribution is -2.34. The number of hydrogen-bond acceptors (Lipinski definition) is 4. The number of hydrogen-bond donors (Lipinski definition) is 1. The quantitative estimate of drug-likeness (QED) is 0.573. The number of rotatable bonds is 7. The van der Waals surface area contributed by atoms with Gasteiger partial charge in [-0.1, -0.05) is 68.9 Å². The van der Waals surface area contributed by atoms with Crippen LogP contribution < -0.4 is 4.90 Å². The largest absolute Gasteiger partial charge is 0.383 e. The van der Waals surface area contributed by atoms with E-state index in [9.17, 15) is 9.90 Å². The van der Waals surface area contributed by atoms with Crippen molar-refractivity contribution >= 4 is 17.4 Å². The highest BCUT2D eigenvalue weighted by molar-refractivity contribution is 5.99. The number of benzene rings is 2. The molecule has 0 saturated carbocycles. The molecule has 2 aromatic carbocycles. The molecule has 0 saturated heterocycles. The summed E-state index contributed by atoms with van der Waals surface area (Å²) in [7, 11) is 0. The monoisotopic (exact) mass is 406 g/mol. The van der Waals surface area contributed by atoms with E-state index in [0.717, 1.165) is 4.80 Å². The summed E-state index contributed by atoms with van der Waals surface area (Å²) in [6.07, 6.45) is 2.62. The molecular formula is C24H30N4O2. The number of aliphatic hydroxyl groups is 1. The first kappa shape index (κ1) is 21.7. The maximum atomic E-state index is 13.4. The molecule has 0 aliphatic carbocycles. The van der Waals surface area contributed by atoms with Crippen LogP contribution >= 0.6 is 0 Å². The molecule has 1 aromatic heterocycles. The van der Waals surface area contributed by atoms with Gasteiger partial charge in [-0.15, -0.1) is 5.10 Å². The molecule has 0 aliphatic heterocycles. The number of carbonyl (C=O) groups is 1. The Labute approximate surface area is 178 Å². The van der Waals surface area contributed by atoms with Crippen molar-refractivity contribution in [3.8, 4) is 0 Å². The maximum Gasteiger partial charge on any atom is 0.371 e. The van der Waals surface area contributed by atoms with Crippen LogP contribution in [-0.4, -0.2) is 26.1 Å². The highest BCUT2D eigenvalue weighted by Crippen LogP contribution is 2.34. The Hall–Kier alpha value is -2.99. The fourth-order valence-corrected chi connectivity index (χ4v) is 3.83. The Bertz CT molecular complexity index is 902. The van der Waals surface area contributed by atoms with Crippen LogP contribution in [0, 0.1) is 11.8 Å². The standard InChI is InChI=1S/C24H30N4O2/c1-18(2)15-24(30,16-19(3)4)22-17-25-28(26-22)23(29)27(20-11-7-5-8-12-20)21-13-9-6-10-14-21/h5-14,17-19,30H,15-16H2,1-4H3. The van der Waals surface area contributed by atoms with Gasteiger partial charge in [-0.25, -0.2) is 4.79 Å². The average molecular weight is 407 g/mol. The van der Waals surface area contributed by atoms with Crippen molar-refractivity contribution in [1.29, 1.82) is 0 Å². The van der Waals surface area contributed by atoms with E-state index in [0.29, 0.717) is 29.9 Å². The van der Waals surface area contributed by atoms with Crippen molar-refractivity contribution in [3.63, 3.8) is 0 Å². The van der Waals surface area contributed by atoms with Crippen LogP contribution in [0.15, 0.2) is 66.9 Å². The van der Waals surface area contributed by atoms with Crippen molar-refractivity contribution in [1.82, 2.24) is 15.0 Å². The van der Waals surface area contributed by atoms with Gasteiger partial charge in [0.1, 0.15) is 11.3 Å². The molecule has 0 unspecified atom stereocenters. The second-order valence-corrected chi connectivity index (χ2v) is 8.54. The maximum absolute atomic E-state index is 13.4. The van der Waals surface area contributed by atoms with E-state index in [1.165, 1.54) is 6.20 Å². The first-order chi connectivity index (χ1) is 14.3. The summed E-state index contributed by atoms with van der Waals surface area (Å²) in [6.45, 7) is 8.25. The zero-order valence-electron chi connectivity index (χ0n) is 18.1. The molecule has 0 radical (unpaired) electrons. The normalized spacial score (nSPS) is 11.8. The topological polar surface area (TPSA) is 71.2 Å². The Morgan fingerprint density at radius 1 is 0.933 bits per heavy atom. The minimum absolute atomic E-state index is 0.278. The smallest absolute Gasteiger partial charge is 0.371 e. The van der Waals surface area contributed by atoms with E-state index in [1.54, 1.807) is 4.90 Å². The Kier molecular flexibility index (Phi) is 6.67. The summed E-state index contributed by atoms with van der Waals surface area (Å²) in [6, 6.07) is 18.4. The third-order valence-electron chi connectivity index (χ3n) is 4.85. The van der Waals surface area contributed by atoms with Crippen LogP contribution in [-0.2, 0) is 5.60 Å². The van der Waals surface area contributed by atoms with Crippen LogP contribution in [0.2, 0.25) is 0 Å². The van der Waals surface area contributed by atoms with Gasteiger partial charge in [0.2, 0.25) is 0 Å². The van der Waals surface area contributed by atoms with Gasteiger partial charge in [0, 0.05) is 0 Å². The van der Waals surface area contributed by atoms with Gasteiger partial charge >= 0.3 is 6.03 Å². The molecule has 1 amide bonds. The lowest BCUT2D eigenvalue weighted by atomic mass is 9.83. The molecule has 30 heavy (non-hydrogen) atoms. The molecule has 0 bridgehead atoms. The van der Waals surface area contributed by atoms with Crippen LogP contribution in [0.5, 0.6) is 0 Å². The molecule has 0 atom stereocenters. The summed E-state index contributed by atoms with van der Waals surface area (Å²) >= 11 is 0. The second-order valence-electron chi connectivity index (χ2n) is 8.54. The number of carbonyl (C=O) groups excluding carboxylic acids is 1. The number of para-hydroxylation sites is 2. The van der Waals surface area contributed by atoms with Gasteiger partial charge in [-0.3, -0.25) is 4.90 Å². The fourth-order valence-electron chi connectivity index (χ4n) is 3.83. The molecule has 3 rings (SSSR count). The van der Waals surface area contributed by atoms with E-state index in [1.807, 2.05) is 60.7 Å². The lowest BCUT2D eigenvalue weighted by Gasteiger charge is -2.29. The first-order valence-electron chi connectivity index (χ1n) is 10.4. The van der Waals surface area contributed by atoms with Crippen LogP contribution in [0.25, 0.3) is 0 Å². The fraction of sp³-hybridized carbons (Fsp3) is 0.375. The van der Waals surface area contributed by atoms with Crippen molar-refractivity contribution < 1.29 is 9.90 Å². The summed E-state index contributed by atoms with van der Waals surface area (Å²) in [5, 5.41) is 20.0. The molecule has 1 N–H and O–H groups in total. The third kappa shape index (κ3) is 4.94. The first-order valence-corrected chi connectivity index (χ1v) is 10.4. The van der Waals surface area contributed by atoms with Gasteiger partial charge in [0.05, 0.1) is 17.6 Å². The Morgan fingerprint density at radius 3 is 1.83 bits per heavy atom. The molecule has 6 heteroatoms. The van der Waals surface area contributed by atoms with Gasteiger partial charge in [0.15, 0.2) is 0 Å². The minimum atomic E-state index is -1.12. The molecule has 158 valence electrons. The van der Waals surface area contributed by atoms with E-state index in [2.05, 4.69) is 37.9 Å². The number of amides is 1. The lowest BCUT2D eigenvalue weighted by molar-refractivity contribution is -0.00875. The summed E-state index contributed by atoms with van der Waals surface area (Å²) in [5.74, 6) is 0.555. The highest BCUT2D eigenvalue weighted by atomic mass is 16.3. The van der Waals surface area contributed by atoms with Crippen LogP contribution in [0.4, 0.5) is 16.2 Å². The summed E-state index contributed by atoms with van der Waals surface area (Å²) < 4.78 is 0. The van der Waals surface area contributed by atoms with Crippen molar-refractivity contribution in [2.45, 2.75) is 46.1 Å². The van der Waals surface area contributed by atoms with Crippen molar-refractivity contribution in [3.05, 3.63) is 72.6 Å². The molecule has 1 heterocycles. The van der Waals surface area contributed by atoms with Crippen molar-refractivity contribution in [2.24, 2.45) is 11.8 Å². The predicted molar refractivity (Wildman–Crippen MR) is 119 cm³/mol. The SMILES string of the molecule is CC(C)CC(O)(CC(C)C)c1cnn(C(=O)N(c2ccccc2)c2ccccc2)n1. The van der Waals surface area contributed by atoms with Gasteiger partial charge < -0.3 is 5.11 Å².